The zero-order chi connectivity index (χ0) is 16.7. The van der Waals surface area contributed by atoms with Crippen molar-refractivity contribution in [3.8, 4) is 0 Å². The lowest BCUT2D eigenvalue weighted by molar-refractivity contribution is -0.119. The Kier molecular flexibility index (Phi) is 3.70. The third kappa shape index (κ3) is 2.53. The second-order valence-electron chi connectivity index (χ2n) is 6.56. The Morgan fingerprint density at radius 1 is 1.21 bits per heavy atom. The normalized spacial score (nSPS) is 17.2. The van der Waals surface area contributed by atoms with Crippen LogP contribution < -0.4 is 10.9 Å². The van der Waals surface area contributed by atoms with Crippen LogP contribution in [0, 0.1) is 0 Å². The van der Waals surface area contributed by atoms with Crippen LogP contribution in [0.3, 0.4) is 0 Å². The van der Waals surface area contributed by atoms with E-state index in [0.29, 0.717) is 5.88 Å². The Morgan fingerprint density at radius 2 is 2.00 bits per heavy atom. The van der Waals surface area contributed by atoms with Crippen LogP contribution in [-0.2, 0) is 30.5 Å². The first-order valence-electron chi connectivity index (χ1n) is 8.53. The summed E-state index contributed by atoms with van der Waals surface area (Å²) in [5, 5.41) is 11.2. The fourth-order valence-corrected chi connectivity index (χ4v) is 3.51. The largest absolute Gasteiger partial charge is 0.338 e. The number of nitrogens with one attached hydrogen (secondary N) is 1. The molecule has 2 aliphatic carbocycles. The standard InChI is InChI=1S/C17H20N4O3/c1-10(21-15(22)9-11-5-4-8-13(11)19-21)16(23)18-17-12-6-2-3-7-14(12)20-24-17/h9-10H,2-8H2,1H3,(H,18,23). The molecule has 0 aliphatic heterocycles. The first-order valence-corrected chi connectivity index (χ1v) is 8.53. The second kappa shape index (κ2) is 5.89. The highest BCUT2D eigenvalue weighted by molar-refractivity contribution is 5.92. The van der Waals surface area contributed by atoms with E-state index in [4.69, 9.17) is 4.52 Å². The minimum absolute atomic E-state index is 0.238. The summed E-state index contributed by atoms with van der Waals surface area (Å²) in [4.78, 5) is 24.8. The number of aryl methyl sites for hydroxylation is 3. The first kappa shape index (κ1) is 15.1. The maximum Gasteiger partial charge on any atom is 0.267 e. The van der Waals surface area contributed by atoms with Crippen LogP contribution in [0.5, 0.6) is 0 Å². The molecule has 0 spiro atoms. The summed E-state index contributed by atoms with van der Waals surface area (Å²) in [6, 6.07) is 0.905. The Hall–Kier alpha value is -2.44. The molecule has 0 fully saturated rings. The zero-order valence-corrected chi connectivity index (χ0v) is 13.7. The van der Waals surface area contributed by atoms with Gasteiger partial charge in [-0.2, -0.15) is 5.10 Å². The van der Waals surface area contributed by atoms with Crippen LogP contribution >= 0.6 is 0 Å². The molecule has 0 saturated carbocycles. The van der Waals surface area contributed by atoms with Gasteiger partial charge in [0.15, 0.2) is 0 Å². The lowest BCUT2D eigenvalue weighted by atomic mass is 9.98. The highest BCUT2D eigenvalue weighted by Gasteiger charge is 2.25. The molecule has 0 aromatic carbocycles. The van der Waals surface area contributed by atoms with Gasteiger partial charge < -0.3 is 4.52 Å². The number of amides is 1. The number of nitrogens with zero attached hydrogens (tertiary/aromatic N) is 3. The summed E-state index contributed by atoms with van der Waals surface area (Å²) < 4.78 is 6.55. The van der Waals surface area contributed by atoms with E-state index in [1.54, 1.807) is 13.0 Å². The molecule has 2 aliphatic rings. The van der Waals surface area contributed by atoms with E-state index in [9.17, 15) is 9.59 Å². The van der Waals surface area contributed by atoms with E-state index < -0.39 is 6.04 Å². The maximum atomic E-state index is 12.6. The van der Waals surface area contributed by atoms with Crippen molar-refractivity contribution in [1.29, 1.82) is 0 Å². The first-order chi connectivity index (χ1) is 11.6. The van der Waals surface area contributed by atoms with Gasteiger partial charge in [0.05, 0.1) is 11.4 Å². The molecule has 2 aromatic heterocycles. The van der Waals surface area contributed by atoms with Crippen LogP contribution in [0.2, 0.25) is 0 Å². The molecule has 0 bridgehead atoms. The number of carbonyl (C=O) groups is 1. The third-order valence-electron chi connectivity index (χ3n) is 4.93. The van der Waals surface area contributed by atoms with Gasteiger partial charge in [0.2, 0.25) is 5.88 Å². The number of hydrogen-bond donors (Lipinski definition) is 1. The maximum absolute atomic E-state index is 12.6. The Morgan fingerprint density at radius 3 is 2.88 bits per heavy atom. The van der Waals surface area contributed by atoms with Crippen molar-refractivity contribution in [2.24, 2.45) is 0 Å². The molecule has 1 unspecified atom stereocenters. The quantitative estimate of drug-likeness (QED) is 0.928. The molecule has 1 atom stereocenters. The molecule has 0 saturated heterocycles. The number of rotatable bonds is 3. The molecular weight excluding hydrogens is 308 g/mol. The summed E-state index contributed by atoms with van der Waals surface area (Å²) in [6.45, 7) is 1.67. The SMILES string of the molecule is CC(C(=O)Nc1onc2c1CCCC2)n1nc2c(cc1=O)CCC2. The van der Waals surface area contributed by atoms with Crippen molar-refractivity contribution in [3.05, 3.63) is 38.9 Å². The minimum atomic E-state index is -0.701. The highest BCUT2D eigenvalue weighted by atomic mass is 16.5. The molecule has 1 amide bonds. The van der Waals surface area contributed by atoms with Gasteiger partial charge in [0.25, 0.3) is 11.5 Å². The van der Waals surface area contributed by atoms with E-state index in [-0.39, 0.29) is 11.5 Å². The van der Waals surface area contributed by atoms with Gasteiger partial charge in [-0.1, -0.05) is 5.16 Å². The zero-order valence-electron chi connectivity index (χ0n) is 13.7. The van der Waals surface area contributed by atoms with E-state index in [2.05, 4.69) is 15.6 Å². The van der Waals surface area contributed by atoms with Crippen molar-refractivity contribution in [2.45, 2.75) is 57.9 Å². The van der Waals surface area contributed by atoms with Gasteiger partial charge in [-0.15, -0.1) is 0 Å². The lowest BCUT2D eigenvalue weighted by Crippen LogP contribution is -2.34. The van der Waals surface area contributed by atoms with Crippen LogP contribution in [-0.4, -0.2) is 20.8 Å². The summed E-state index contributed by atoms with van der Waals surface area (Å²) >= 11 is 0. The minimum Gasteiger partial charge on any atom is -0.338 e. The van der Waals surface area contributed by atoms with Gasteiger partial charge in [0.1, 0.15) is 6.04 Å². The second-order valence-corrected chi connectivity index (χ2v) is 6.56. The predicted molar refractivity (Wildman–Crippen MR) is 87.0 cm³/mol. The Balaban J connectivity index is 1.57. The van der Waals surface area contributed by atoms with E-state index in [1.807, 2.05) is 0 Å². The molecule has 4 rings (SSSR count). The molecule has 126 valence electrons. The van der Waals surface area contributed by atoms with Gasteiger partial charge in [-0.25, -0.2) is 4.68 Å². The van der Waals surface area contributed by atoms with Crippen molar-refractivity contribution in [3.63, 3.8) is 0 Å². The molecule has 2 heterocycles. The molecule has 1 N–H and O–H groups in total. The average molecular weight is 328 g/mol. The van der Waals surface area contributed by atoms with Crippen LogP contribution in [0.15, 0.2) is 15.4 Å². The number of hydrogen-bond acceptors (Lipinski definition) is 5. The van der Waals surface area contributed by atoms with Crippen LogP contribution in [0.4, 0.5) is 5.88 Å². The molecular formula is C17H20N4O3. The summed E-state index contributed by atoms with van der Waals surface area (Å²) in [5.41, 5.74) is 3.60. The van der Waals surface area contributed by atoms with Gasteiger partial charge in [-0.05, 0) is 57.4 Å². The Labute approximate surface area is 139 Å². The van der Waals surface area contributed by atoms with E-state index >= 15 is 0 Å². The van der Waals surface area contributed by atoms with E-state index in [0.717, 1.165) is 67.5 Å². The number of fused-ring (bicyclic) bond motifs is 2. The number of anilines is 1. The number of carbonyl (C=O) groups excluding carboxylic acids is 1. The van der Waals surface area contributed by atoms with Crippen molar-refractivity contribution in [1.82, 2.24) is 14.9 Å². The molecule has 2 aromatic rings. The van der Waals surface area contributed by atoms with Crippen LogP contribution in [0.25, 0.3) is 0 Å². The highest BCUT2D eigenvalue weighted by Crippen LogP contribution is 2.28. The monoisotopic (exact) mass is 328 g/mol. The van der Waals surface area contributed by atoms with Gasteiger partial charge >= 0.3 is 0 Å². The van der Waals surface area contributed by atoms with Crippen molar-refractivity contribution < 1.29 is 9.32 Å². The van der Waals surface area contributed by atoms with Gasteiger partial charge in [-0.3, -0.25) is 14.9 Å². The summed E-state index contributed by atoms with van der Waals surface area (Å²) in [7, 11) is 0. The smallest absolute Gasteiger partial charge is 0.267 e. The summed E-state index contributed by atoms with van der Waals surface area (Å²) in [5.74, 6) is 0.0998. The van der Waals surface area contributed by atoms with Gasteiger partial charge in [0, 0.05) is 11.6 Å². The fourth-order valence-electron chi connectivity index (χ4n) is 3.51. The van der Waals surface area contributed by atoms with E-state index in [1.165, 1.54) is 4.68 Å². The molecule has 24 heavy (non-hydrogen) atoms. The molecule has 7 nitrogen and oxygen atoms in total. The van der Waals surface area contributed by atoms with Crippen molar-refractivity contribution in [2.75, 3.05) is 5.32 Å². The fraction of sp³-hybridized carbons (Fsp3) is 0.529. The van der Waals surface area contributed by atoms with Crippen LogP contribution in [0.1, 0.15) is 54.7 Å². The topological polar surface area (TPSA) is 90.0 Å². The Bertz CT molecular complexity index is 852. The average Bonchev–Trinajstić information content (AvgIpc) is 3.20. The van der Waals surface area contributed by atoms with Crippen molar-refractivity contribution >= 4 is 11.8 Å². The molecule has 7 heteroatoms. The predicted octanol–water partition coefficient (Wildman–Crippen LogP) is 1.80. The molecule has 0 radical (unpaired) electrons. The lowest BCUT2D eigenvalue weighted by Gasteiger charge is -2.15. The summed E-state index contributed by atoms with van der Waals surface area (Å²) in [6.07, 6.45) is 6.67. The number of aromatic nitrogens is 3. The third-order valence-corrected chi connectivity index (χ3v) is 4.93.